The molecule has 0 aromatic heterocycles. The Labute approximate surface area is 72.5 Å². The maximum Gasteiger partial charge on any atom is -0.00706 e. The number of rotatable bonds is 3. The Morgan fingerprint density at radius 1 is 1.09 bits per heavy atom. The Kier molecular flexibility index (Phi) is 2.64. The molecule has 1 heteroatoms. The second-order valence-electron chi connectivity index (χ2n) is 4.53. The van der Waals surface area contributed by atoms with Crippen molar-refractivity contribution < 1.29 is 0 Å². The van der Waals surface area contributed by atoms with Crippen LogP contribution >= 0.6 is 7.92 Å². The van der Waals surface area contributed by atoms with Gasteiger partial charge in [0.15, 0.2) is 0 Å². The van der Waals surface area contributed by atoms with E-state index in [0.717, 1.165) is 17.0 Å². The third-order valence-corrected chi connectivity index (χ3v) is 6.14. The summed E-state index contributed by atoms with van der Waals surface area (Å²) in [5.41, 5.74) is 0. The SMILES string of the molecule is CC(C)C(C)C1(P(C)C)CC1. The Bertz CT molecular complexity index is 134. The summed E-state index contributed by atoms with van der Waals surface area (Å²) in [5.74, 6) is 1.83. The van der Waals surface area contributed by atoms with E-state index in [2.05, 4.69) is 34.1 Å². The molecular weight excluding hydrogens is 151 g/mol. The van der Waals surface area contributed by atoms with Gasteiger partial charge in [-0.15, -0.1) is 7.92 Å². The highest BCUT2D eigenvalue weighted by Gasteiger charge is 2.50. The zero-order valence-corrected chi connectivity index (χ0v) is 9.41. The first-order valence-corrected chi connectivity index (χ1v) is 6.92. The molecule has 0 radical (unpaired) electrons. The maximum atomic E-state index is 2.45. The zero-order chi connectivity index (χ0) is 8.65. The molecule has 0 spiro atoms. The lowest BCUT2D eigenvalue weighted by atomic mass is 9.93. The zero-order valence-electron chi connectivity index (χ0n) is 8.52. The van der Waals surface area contributed by atoms with Crippen molar-refractivity contribution in [3.05, 3.63) is 0 Å². The molecule has 0 heterocycles. The van der Waals surface area contributed by atoms with Crippen LogP contribution in [0.2, 0.25) is 0 Å². The van der Waals surface area contributed by atoms with E-state index in [1.165, 1.54) is 12.8 Å². The van der Waals surface area contributed by atoms with E-state index in [4.69, 9.17) is 0 Å². The van der Waals surface area contributed by atoms with Crippen LogP contribution in [-0.2, 0) is 0 Å². The fraction of sp³-hybridized carbons (Fsp3) is 1.00. The van der Waals surface area contributed by atoms with Crippen molar-refractivity contribution in [2.24, 2.45) is 11.8 Å². The molecule has 1 saturated carbocycles. The maximum absolute atomic E-state index is 2.45. The number of hydrogen-bond acceptors (Lipinski definition) is 0. The predicted octanol–water partition coefficient (Wildman–Crippen LogP) is 3.55. The molecule has 0 bridgehead atoms. The quantitative estimate of drug-likeness (QED) is 0.571. The van der Waals surface area contributed by atoms with E-state index in [0.29, 0.717) is 7.92 Å². The second kappa shape index (κ2) is 3.05. The second-order valence-corrected chi connectivity index (χ2v) is 7.21. The van der Waals surface area contributed by atoms with Crippen molar-refractivity contribution in [2.45, 2.75) is 38.8 Å². The van der Waals surface area contributed by atoms with Gasteiger partial charge < -0.3 is 0 Å². The van der Waals surface area contributed by atoms with Crippen molar-refractivity contribution in [1.29, 1.82) is 0 Å². The van der Waals surface area contributed by atoms with E-state index in [1.54, 1.807) is 0 Å². The van der Waals surface area contributed by atoms with Gasteiger partial charge in [-0.2, -0.15) is 0 Å². The summed E-state index contributed by atoms with van der Waals surface area (Å²) in [6.45, 7) is 12.1. The standard InChI is InChI=1S/C10H21P/c1-8(2)9(3)10(6-7-10)11(4)5/h8-9H,6-7H2,1-5H3. The molecule has 0 saturated heterocycles. The van der Waals surface area contributed by atoms with Crippen molar-refractivity contribution in [1.82, 2.24) is 0 Å². The summed E-state index contributed by atoms with van der Waals surface area (Å²) in [7, 11) is 0.296. The Morgan fingerprint density at radius 3 is 1.64 bits per heavy atom. The van der Waals surface area contributed by atoms with Gasteiger partial charge >= 0.3 is 0 Å². The molecule has 1 atom stereocenters. The largest absolute Gasteiger partial charge is 0.106 e. The van der Waals surface area contributed by atoms with Gasteiger partial charge in [0.25, 0.3) is 0 Å². The average Bonchev–Trinajstić information content (AvgIpc) is 2.65. The molecule has 0 aromatic rings. The molecule has 1 rings (SSSR count). The van der Waals surface area contributed by atoms with E-state index >= 15 is 0 Å². The van der Waals surface area contributed by atoms with Gasteiger partial charge in [-0.1, -0.05) is 20.8 Å². The van der Waals surface area contributed by atoms with Gasteiger partial charge in [-0.3, -0.25) is 0 Å². The van der Waals surface area contributed by atoms with E-state index in [9.17, 15) is 0 Å². The highest BCUT2D eigenvalue weighted by atomic mass is 31.1. The predicted molar refractivity (Wildman–Crippen MR) is 54.7 cm³/mol. The molecular formula is C10H21P. The van der Waals surface area contributed by atoms with Crippen molar-refractivity contribution in [2.75, 3.05) is 13.3 Å². The molecule has 1 aliphatic carbocycles. The fourth-order valence-corrected chi connectivity index (χ4v) is 4.18. The average molecular weight is 172 g/mol. The van der Waals surface area contributed by atoms with E-state index < -0.39 is 0 Å². The molecule has 11 heavy (non-hydrogen) atoms. The molecule has 0 N–H and O–H groups in total. The Morgan fingerprint density at radius 2 is 1.55 bits per heavy atom. The van der Waals surface area contributed by atoms with Crippen LogP contribution in [0.1, 0.15) is 33.6 Å². The summed E-state index contributed by atoms with van der Waals surface area (Å²) in [6.07, 6.45) is 3.01. The van der Waals surface area contributed by atoms with Gasteiger partial charge in [0.1, 0.15) is 0 Å². The summed E-state index contributed by atoms with van der Waals surface area (Å²) < 4.78 is 0. The van der Waals surface area contributed by atoms with Crippen LogP contribution < -0.4 is 0 Å². The van der Waals surface area contributed by atoms with Crippen molar-refractivity contribution >= 4 is 7.92 Å². The minimum atomic E-state index is 0.296. The molecule has 0 amide bonds. The van der Waals surface area contributed by atoms with Crippen LogP contribution in [0.25, 0.3) is 0 Å². The van der Waals surface area contributed by atoms with Crippen molar-refractivity contribution in [3.63, 3.8) is 0 Å². The molecule has 0 nitrogen and oxygen atoms in total. The molecule has 0 aromatic carbocycles. The molecule has 66 valence electrons. The highest BCUT2D eigenvalue weighted by molar-refractivity contribution is 7.58. The highest BCUT2D eigenvalue weighted by Crippen LogP contribution is 2.65. The lowest BCUT2D eigenvalue weighted by molar-refractivity contribution is 0.391. The smallest absolute Gasteiger partial charge is 0.00706 e. The minimum Gasteiger partial charge on any atom is -0.106 e. The van der Waals surface area contributed by atoms with Crippen LogP contribution in [0, 0.1) is 11.8 Å². The Balaban J connectivity index is 2.58. The molecule has 1 unspecified atom stereocenters. The van der Waals surface area contributed by atoms with Gasteiger partial charge in [0, 0.05) is 0 Å². The monoisotopic (exact) mass is 172 g/mol. The molecule has 0 aliphatic heterocycles. The molecule has 1 fully saturated rings. The van der Waals surface area contributed by atoms with E-state index in [1.807, 2.05) is 0 Å². The summed E-state index contributed by atoms with van der Waals surface area (Å²) in [4.78, 5) is 0. The van der Waals surface area contributed by atoms with Crippen LogP contribution in [0.5, 0.6) is 0 Å². The summed E-state index contributed by atoms with van der Waals surface area (Å²) in [6, 6.07) is 0. The number of hydrogen-bond donors (Lipinski definition) is 0. The summed E-state index contributed by atoms with van der Waals surface area (Å²) >= 11 is 0. The lowest BCUT2D eigenvalue weighted by Crippen LogP contribution is -2.22. The van der Waals surface area contributed by atoms with Crippen LogP contribution in [-0.4, -0.2) is 18.5 Å². The topological polar surface area (TPSA) is 0 Å². The van der Waals surface area contributed by atoms with Gasteiger partial charge in [0.2, 0.25) is 0 Å². The minimum absolute atomic E-state index is 0.296. The van der Waals surface area contributed by atoms with Crippen molar-refractivity contribution in [3.8, 4) is 0 Å². The van der Waals surface area contributed by atoms with Crippen LogP contribution in [0.15, 0.2) is 0 Å². The van der Waals surface area contributed by atoms with Gasteiger partial charge in [-0.25, -0.2) is 0 Å². The normalized spacial score (nSPS) is 24.3. The van der Waals surface area contributed by atoms with Gasteiger partial charge in [-0.05, 0) is 43.2 Å². The first kappa shape index (κ1) is 9.52. The van der Waals surface area contributed by atoms with Crippen LogP contribution in [0.3, 0.4) is 0 Å². The molecule has 1 aliphatic rings. The third kappa shape index (κ3) is 1.61. The van der Waals surface area contributed by atoms with Crippen LogP contribution in [0.4, 0.5) is 0 Å². The summed E-state index contributed by atoms with van der Waals surface area (Å²) in [5, 5.41) is 0.795. The van der Waals surface area contributed by atoms with E-state index in [-0.39, 0.29) is 0 Å². The third-order valence-electron chi connectivity index (χ3n) is 3.50. The van der Waals surface area contributed by atoms with Gasteiger partial charge in [0.05, 0.1) is 0 Å². The Hall–Kier alpha value is 0.430. The first-order valence-electron chi connectivity index (χ1n) is 4.68. The lowest BCUT2D eigenvalue weighted by Gasteiger charge is -2.30. The first-order chi connectivity index (χ1) is 5.00. The fourth-order valence-electron chi connectivity index (χ4n) is 2.06.